The quantitative estimate of drug-likeness (QED) is 0.518. The number of benzene rings is 1. The average Bonchev–Trinajstić information content (AvgIpc) is 3.15. The van der Waals surface area contributed by atoms with Crippen LogP contribution < -0.4 is 5.56 Å². The fourth-order valence-corrected chi connectivity index (χ4v) is 4.98. The highest BCUT2D eigenvalue weighted by Crippen LogP contribution is 2.34. The molecule has 0 aliphatic heterocycles. The topological polar surface area (TPSA) is 76.5 Å². The van der Waals surface area contributed by atoms with E-state index >= 15 is 0 Å². The molecule has 0 saturated carbocycles. The van der Waals surface area contributed by atoms with Gasteiger partial charge in [-0.2, -0.15) is 0 Å². The van der Waals surface area contributed by atoms with Crippen LogP contribution in [0.25, 0.3) is 15.9 Å². The van der Waals surface area contributed by atoms with Gasteiger partial charge in [0, 0.05) is 10.6 Å². The number of H-pyrrole nitrogens is 1. The molecule has 0 unspecified atom stereocenters. The summed E-state index contributed by atoms with van der Waals surface area (Å²) in [5.74, 6) is 1.47. The third-order valence-corrected chi connectivity index (χ3v) is 6.69. The predicted octanol–water partition coefficient (Wildman–Crippen LogP) is 4.34. The highest BCUT2D eigenvalue weighted by molar-refractivity contribution is 7.99. The van der Waals surface area contributed by atoms with Crippen molar-refractivity contribution in [2.75, 3.05) is 0 Å². The van der Waals surface area contributed by atoms with Crippen LogP contribution in [-0.4, -0.2) is 24.7 Å². The first-order valence-electron chi connectivity index (χ1n) is 8.59. The van der Waals surface area contributed by atoms with E-state index in [0.29, 0.717) is 11.2 Å². The summed E-state index contributed by atoms with van der Waals surface area (Å²) < 4.78 is 2.01. The number of nitrogens with one attached hydrogen (secondary N) is 1. The SMILES string of the molecule is Cc1sc2nc([C@H](C)Sc3nnc(C)n3-c3ccccc3)[nH]c(=O)c2c1C. The maximum absolute atomic E-state index is 12.6. The van der Waals surface area contributed by atoms with Crippen LogP contribution in [0.4, 0.5) is 0 Å². The maximum Gasteiger partial charge on any atom is 0.259 e. The van der Waals surface area contributed by atoms with Crippen LogP contribution in [0.3, 0.4) is 0 Å². The molecule has 1 atom stereocenters. The number of hydrogen-bond donors (Lipinski definition) is 1. The summed E-state index contributed by atoms with van der Waals surface area (Å²) in [6.45, 7) is 7.93. The van der Waals surface area contributed by atoms with E-state index in [1.807, 2.05) is 62.6 Å². The van der Waals surface area contributed by atoms with Crippen molar-refractivity contribution < 1.29 is 0 Å². The minimum atomic E-state index is -0.0787. The standard InChI is InChI=1S/C19H19N5OS2/c1-10-11(2)26-18-15(10)17(25)20-16(21-18)12(3)27-19-23-22-13(4)24(19)14-8-6-5-7-9-14/h5-9,12H,1-4H3,(H,20,21,25)/t12-/m0/s1. The van der Waals surface area contributed by atoms with Gasteiger partial charge in [-0.15, -0.1) is 21.5 Å². The Balaban J connectivity index is 1.71. The van der Waals surface area contributed by atoms with Gasteiger partial charge >= 0.3 is 0 Å². The molecule has 0 amide bonds. The van der Waals surface area contributed by atoms with Crippen LogP contribution in [0.2, 0.25) is 0 Å². The van der Waals surface area contributed by atoms with E-state index in [-0.39, 0.29) is 10.8 Å². The number of aryl methyl sites for hydroxylation is 3. The van der Waals surface area contributed by atoms with Crippen molar-refractivity contribution in [2.24, 2.45) is 0 Å². The van der Waals surface area contributed by atoms with Crippen LogP contribution in [0.15, 0.2) is 40.3 Å². The van der Waals surface area contributed by atoms with Gasteiger partial charge in [-0.25, -0.2) is 4.98 Å². The van der Waals surface area contributed by atoms with E-state index in [4.69, 9.17) is 4.98 Å². The van der Waals surface area contributed by atoms with Gasteiger partial charge in [0.05, 0.1) is 10.6 Å². The molecule has 0 radical (unpaired) electrons. The molecule has 27 heavy (non-hydrogen) atoms. The number of aromatic nitrogens is 5. The van der Waals surface area contributed by atoms with E-state index < -0.39 is 0 Å². The van der Waals surface area contributed by atoms with Crippen molar-refractivity contribution >= 4 is 33.3 Å². The summed E-state index contributed by atoms with van der Waals surface area (Å²) in [5.41, 5.74) is 1.94. The number of thiophene rings is 1. The second kappa shape index (κ2) is 6.94. The summed E-state index contributed by atoms with van der Waals surface area (Å²) in [7, 11) is 0. The van der Waals surface area contributed by atoms with E-state index in [9.17, 15) is 4.79 Å². The zero-order chi connectivity index (χ0) is 19.1. The molecule has 1 aromatic carbocycles. The molecule has 0 bridgehead atoms. The lowest BCUT2D eigenvalue weighted by Crippen LogP contribution is -2.12. The largest absolute Gasteiger partial charge is 0.309 e. The number of fused-ring (bicyclic) bond motifs is 1. The molecule has 3 heterocycles. The zero-order valence-electron chi connectivity index (χ0n) is 15.5. The van der Waals surface area contributed by atoms with E-state index in [2.05, 4.69) is 15.2 Å². The van der Waals surface area contributed by atoms with Crippen LogP contribution >= 0.6 is 23.1 Å². The third-order valence-electron chi connectivity index (χ3n) is 4.53. The monoisotopic (exact) mass is 397 g/mol. The molecule has 8 heteroatoms. The summed E-state index contributed by atoms with van der Waals surface area (Å²) in [6.07, 6.45) is 0. The molecule has 6 nitrogen and oxygen atoms in total. The summed E-state index contributed by atoms with van der Waals surface area (Å²) in [4.78, 5) is 22.1. The fraction of sp³-hybridized carbons (Fsp3) is 0.263. The van der Waals surface area contributed by atoms with Gasteiger partial charge in [-0.1, -0.05) is 30.0 Å². The molecular formula is C19H19N5OS2. The number of thioether (sulfide) groups is 1. The molecule has 4 aromatic rings. The third kappa shape index (κ3) is 3.19. The van der Waals surface area contributed by atoms with Crippen molar-refractivity contribution in [1.29, 1.82) is 0 Å². The van der Waals surface area contributed by atoms with Gasteiger partial charge in [0.1, 0.15) is 16.5 Å². The summed E-state index contributed by atoms with van der Waals surface area (Å²) >= 11 is 3.09. The average molecular weight is 398 g/mol. The highest BCUT2D eigenvalue weighted by atomic mass is 32.2. The predicted molar refractivity (Wildman–Crippen MR) is 110 cm³/mol. The van der Waals surface area contributed by atoms with Gasteiger partial charge in [-0.3, -0.25) is 9.36 Å². The zero-order valence-corrected chi connectivity index (χ0v) is 17.1. The molecule has 138 valence electrons. The van der Waals surface area contributed by atoms with Gasteiger partial charge in [0.25, 0.3) is 5.56 Å². The van der Waals surface area contributed by atoms with Crippen LogP contribution in [-0.2, 0) is 0 Å². The Kier molecular flexibility index (Phi) is 4.61. The molecular weight excluding hydrogens is 378 g/mol. The number of rotatable bonds is 4. The lowest BCUT2D eigenvalue weighted by Gasteiger charge is -2.12. The Morgan fingerprint density at radius 2 is 1.89 bits per heavy atom. The molecule has 0 saturated heterocycles. The van der Waals surface area contributed by atoms with E-state index in [1.54, 1.807) is 11.3 Å². The van der Waals surface area contributed by atoms with Crippen LogP contribution in [0, 0.1) is 20.8 Å². The molecule has 0 aliphatic rings. The van der Waals surface area contributed by atoms with Crippen molar-refractivity contribution in [2.45, 2.75) is 38.1 Å². The van der Waals surface area contributed by atoms with E-state index in [0.717, 1.165) is 31.9 Å². The first-order valence-corrected chi connectivity index (χ1v) is 10.3. The second-order valence-electron chi connectivity index (χ2n) is 6.38. The number of hydrogen-bond acceptors (Lipinski definition) is 6. The number of nitrogens with zero attached hydrogens (tertiary/aromatic N) is 4. The molecule has 0 fully saturated rings. The normalized spacial score (nSPS) is 12.6. The van der Waals surface area contributed by atoms with Gasteiger partial charge in [-0.05, 0) is 45.4 Å². The fourth-order valence-electron chi connectivity index (χ4n) is 2.97. The van der Waals surface area contributed by atoms with Gasteiger partial charge < -0.3 is 4.98 Å². The van der Waals surface area contributed by atoms with Crippen LogP contribution in [0.1, 0.15) is 34.3 Å². The minimum Gasteiger partial charge on any atom is -0.309 e. The molecule has 0 spiro atoms. The minimum absolute atomic E-state index is 0.0733. The molecule has 0 aliphatic carbocycles. The van der Waals surface area contributed by atoms with Gasteiger partial charge in [0.2, 0.25) is 0 Å². The summed E-state index contributed by atoms with van der Waals surface area (Å²) in [6, 6.07) is 10.00. The lowest BCUT2D eigenvalue weighted by atomic mass is 10.2. The van der Waals surface area contributed by atoms with Crippen LogP contribution in [0.5, 0.6) is 0 Å². The molecule has 1 N–H and O–H groups in total. The Hall–Kier alpha value is -2.45. The van der Waals surface area contributed by atoms with Crippen molar-refractivity contribution in [3.63, 3.8) is 0 Å². The smallest absolute Gasteiger partial charge is 0.259 e. The summed E-state index contributed by atoms with van der Waals surface area (Å²) in [5, 5.41) is 9.94. The Labute approximate surface area is 164 Å². The number of para-hydroxylation sites is 1. The lowest BCUT2D eigenvalue weighted by molar-refractivity contribution is 0.851. The molecule has 4 rings (SSSR count). The Morgan fingerprint density at radius 3 is 2.63 bits per heavy atom. The Bertz CT molecular complexity index is 1180. The van der Waals surface area contributed by atoms with Gasteiger partial charge in [0.15, 0.2) is 5.16 Å². The van der Waals surface area contributed by atoms with Crippen molar-refractivity contribution in [3.05, 3.63) is 62.8 Å². The second-order valence-corrected chi connectivity index (χ2v) is 8.89. The molecule has 3 aromatic heterocycles. The van der Waals surface area contributed by atoms with Crippen molar-refractivity contribution in [1.82, 2.24) is 24.7 Å². The Morgan fingerprint density at radius 1 is 1.15 bits per heavy atom. The highest BCUT2D eigenvalue weighted by Gasteiger charge is 2.19. The van der Waals surface area contributed by atoms with Crippen molar-refractivity contribution in [3.8, 4) is 5.69 Å². The first-order chi connectivity index (χ1) is 13.0. The maximum atomic E-state index is 12.6. The van der Waals surface area contributed by atoms with E-state index in [1.165, 1.54) is 11.8 Å². The number of aromatic amines is 1. The first kappa shape index (κ1) is 17.9.